The maximum atomic E-state index is 2.74. The Morgan fingerprint density at radius 3 is 2.09 bits per heavy atom. The van der Waals surface area contributed by atoms with E-state index in [-0.39, 0.29) is 0 Å². The van der Waals surface area contributed by atoms with E-state index >= 15 is 0 Å². The zero-order chi connectivity index (χ0) is 8.54. The molecule has 4 heteroatoms. The zero-order valence-electron chi connectivity index (χ0n) is 6.90. The van der Waals surface area contributed by atoms with Crippen LogP contribution in [0.4, 0.5) is 0 Å². The molecule has 1 rings (SSSR count). The Kier molecular flexibility index (Phi) is 4.57. The minimum atomic E-state index is -0.973. The third kappa shape index (κ3) is 3.62. The molecule has 0 amide bonds. The first kappa shape index (κ1) is 11.6. The van der Waals surface area contributed by atoms with E-state index in [9.17, 15) is 0 Å². The van der Waals surface area contributed by atoms with Gasteiger partial charge in [-0.05, 0) is 0 Å². The van der Waals surface area contributed by atoms with Crippen LogP contribution in [0.1, 0.15) is 0 Å². The Balaban J connectivity index is 2.45. The molecule has 0 unspecified atom stereocenters. The SMILES string of the molecule is C[Se](C)(I)CC1(CI)C[Se]C1. The van der Waals surface area contributed by atoms with Gasteiger partial charge in [-0.15, -0.1) is 0 Å². The van der Waals surface area contributed by atoms with Crippen LogP contribution >= 0.6 is 42.9 Å². The molecule has 11 heavy (non-hydrogen) atoms. The summed E-state index contributed by atoms with van der Waals surface area (Å²) in [6, 6.07) is 0. The molecule has 0 spiro atoms. The molecular weight excluding hydrogens is 496 g/mol. The number of alkyl halides is 1. The Labute approximate surface area is 103 Å². The first-order valence-corrected chi connectivity index (χ1v) is 17.3. The monoisotopic (exact) mass is 512 g/mol. The van der Waals surface area contributed by atoms with Gasteiger partial charge in [0.2, 0.25) is 0 Å². The van der Waals surface area contributed by atoms with Crippen LogP contribution in [-0.4, -0.2) is 29.0 Å². The van der Waals surface area contributed by atoms with Crippen LogP contribution in [0.15, 0.2) is 0 Å². The van der Waals surface area contributed by atoms with Crippen molar-refractivity contribution in [2.24, 2.45) is 5.41 Å². The fourth-order valence-electron chi connectivity index (χ4n) is 1.32. The van der Waals surface area contributed by atoms with Crippen molar-refractivity contribution >= 4 is 67.5 Å². The fourth-order valence-corrected chi connectivity index (χ4v) is 15.5. The molecule has 0 N–H and O–H groups in total. The predicted octanol–water partition coefficient (Wildman–Crippen LogP) is 3.60. The molecule has 1 aliphatic rings. The van der Waals surface area contributed by atoms with E-state index in [1.54, 1.807) is 16.0 Å². The van der Waals surface area contributed by atoms with Crippen molar-refractivity contribution < 1.29 is 0 Å². The van der Waals surface area contributed by atoms with E-state index in [1.165, 1.54) is 4.43 Å². The van der Waals surface area contributed by atoms with E-state index in [0.717, 1.165) is 20.4 Å². The van der Waals surface area contributed by atoms with Gasteiger partial charge in [-0.25, -0.2) is 0 Å². The standard InChI is InChI=1S/C7H14I2Se2/c1-11(2,9)6-7(3-8)4-10-5-7/h3-6H2,1-2H3. The quantitative estimate of drug-likeness (QED) is 0.310. The van der Waals surface area contributed by atoms with Crippen LogP contribution in [0.3, 0.4) is 0 Å². The van der Waals surface area contributed by atoms with Crippen molar-refractivity contribution in [3.63, 3.8) is 0 Å². The summed E-state index contributed by atoms with van der Waals surface area (Å²) in [5.74, 6) is 5.02. The molecule has 1 aliphatic heterocycles. The first-order valence-electron chi connectivity index (χ1n) is 3.52. The van der Waals surface area contributed by atoms with Crippen LogP contribution in [0.25, 0.3) is 0 Å². The van der Waals surface area contributed by atoms with Gasteiger partial charge in [0.1, 0.15) is 0 Å². The molecule has 0 aromatic heterocycles. The number of halogens is 2. The van der Waals surface area contributed by atoms with Crippen molar-refractivity contribution in [1.82, 2.24) is 0 Å². The Hall–Kier alpha value is 2.50. The summed E-state index contributed by atoms with van der Waals surface area (Å²) in [6.07, 6.45) is 0. The third-order valence-corrected chi connectivity index (χ3v) is 11.1. The van der Waals surface area contributed by atoms with Crippen molar-refractivity contribution in [1.29, 1.82) is 0 Å². The number of rotatable bonds is 3. The zero-order valence-corrected chi connectivity index (χ0v) is 14.6. The van der Waals surface area contributed by atoms with E-state index < -0.39 is 9.60 Å². The van der Waals surface area contributed by atoms with Gasteiger partial charge in [0.15, 0.2) is 0 Å². The molecule has 1 saturated heterocycles. The third-order valence-electron chi connectivity index (χ3n) is 1.75. The van der Waals surface area contributed by atoms with Crippen LogP contribution < -0.4 is 0 Å². The molecule has 0 nitrogen and oxygen atoms in total. The molecule has 0 aromatic rings. The topological polar surface area (TPSA) is 0 Å². The van der Waals surface area contributed by atoms with E-state index in [1.807, 2.05) is 0 Å². The summed E-state index contributed by atoms with van der Waals surface area (Å²) in [5.41, 5.74) is 0.825. The molecule has 1 heterocycles. The Morgan fingerprint density at radius 1 is 1.45 bits per heavy atom. The summed E-state index contributed by atoms with van der Waals surface area (Å²) in [5, 5.41) is 4.73. The summed E-state index contributed by atoms with van der Waals surface area (Å²) < 4.78 is 1.41. The van der Waals surface area contributed by atoms with Crippen LogP contribution in [0, 0.1) is 5.41 Å². The molecule has 68 valence electrons. The average Bonchev–Trinajstić information content (AvgIpc) is 1.77. The molecule has 0 aliphatic carbocycles. The molecule has 0 bridgehead atoms. The maximum absolute atomic E-state index is 2.74. The van der Waals surface area contributed by atoms with Gasteiger partial charge in [-0.2, -0.15) is 0 Å². The van der Waals surface area contributed by atoms with Gasteiger partial charge < -0.3 is 0 Å². The first-order chi connectivity index (χ1) is 4.97. The van der Waals surface area contributed by atoms with Gasteiger partial charge in [-0.1, -0.05) is 0 Å². The Morgan fingerprint density at radius 2 is 2.00 bits per heavy atom. The molecule has 1 fully saturated rings. The van der Waals surface area contributed by atoms with Crippen molar-refractivity contribution in [2.45, 2.75) is 27.6 Å². The van der Waals surface area contributed by atoms with Crippen molar-refractivity contribution in [3.05, 3.63) is 0 Å². The van der Waals surface area contributed by atoms with Gasteiger partial charge in [0.25, 0.3) is 0 Å². The van der Waals surface area contributed by atoms with Gasteiger partial charge in [0, 0.05) is 0 Å². The molecule has 0 saturated carbocycles. The van der Waals surface area contributed by atoms with Gasteiger partial charge in [0.05, 0.1) is 0 Å². The molecule has 0 atom stereocenters. The summed E-state index contributed by atoms with van der Waals surface area (Å²) >= 11 is 6.35. The summed E-state index contributed by atoms with van der Waals surface area (Å²) in [6.45, 7) is 0. The van der Waals surface area contributed by atoms with E-state index in [0.29, 0.717) is 0 Å². The van der Waals surface area contributed by atoms with Gasteiger partial charge in [-0.3, -0.25) is 0 Å². The normalized spacial score (nSPS) is 24.4. The second kappa shape index (κ2) is 4.35. The number of hydrogen-bond donors (Lipinski definition) is 0. The van der Waals surface area contributed by atoms with E-state index in [2.05, 4.69) is 54.6 Å². The fraction of sp³-hybridized carbons (Fsp3) is 1.00. The van der Waals surface area contributed by atoms with Crippen molar-refractivity contribution in [3.8, 4) is 0 Å². The van der Waals surface area contributed by atoms with Crippen LogP contribution in [0.5, 0.6) is 0 Å². The molecular formula is C7H14I2Se2. The van der Waals surface area contributed by atoms with Crippen LogP contribution in [-0.2, 0) is 0 Å². The minimum absolute atomic E-state index is 0.825. The van der Waals surface area contributed by atoms with Crippen molar-refractivity contribution in [2.75, 3.05) is 4.43 Å². The Bertz CT molecular complexity index is 132. The second-order valence-corrected chi connectivity index (χ2v) is 25.4. The molecule has 0 radical (unpaired) electrons. The summed E-state index contributed by atoms with van der Waals surface area (Å²) in [7, 11) is -0.973. The summed E-state index contributed by atoms with van der Waals surface area (Å²) in [4.78, 5) is 0. The second-order valence-electron chi connectivity index (χ2n) is 3.67. The van der Waals surface area contributed by atoms with Gasteiger partial charge >= 0.3 is 105 Å². The predicted molar refractivity (Wildman–Crippen MR) is 73.0 cm³/mol. The average molecular weight is 510 g/mol. The van der Waals surface area contributed by atoms with E-state index in [4.69, 9.17) is 0 Å². The number of hydrogen-bond acceptors (Lipinski definition) is 0. The molecule has 0 aromatic carbocycles. The van der Waals surface area contributed by atoms with Crippen LogP contribution in [0.2, 0.25) is 27.6 Å².